The SMILES string of the molecule is Cc1onc(-c2ccccc2)c1C(=O)N(C)Cc1cnn(C)c1. The van der Waals surface area contributed by atoms with E-state index in [0.29, 0.717) is 23.6 Å². The van der Waals surface area contributed by atoms with Crippen molar-refractivity contribution in [3.8, 4) is 11.3 Å². The first kappa shape index (κ1) is 15.0. The molecule has 1 aromatic carbocycles. The maximum Gasteiger partial charge on any atom is 0.259 e. The van der Waals surface area contributed by atoms with E-state index in [-0.39, 0.29) is 5.91 Å². The topological polar surface area (TPSA) is 64.2 Å². The molecule has 0 bridgehead atoms. The number of hydrogen-bond acceptors (Lipinski definition) is 4. The second-order valence-corrected chi connectivity index (χ2v) is 5.51. The molecular formula is C17H18N4O2. The number of aryl methyl sites for hydroxylation is 2. The van der Waals surface area contributed by atoms with Crippen molar-refractivity contribution in [1.82, 2.24) is 19.8 Å². The van der Waals surface area contributed by atoms with Crippen molar-refractivity contribution in [1.29, 1.82) is 0 Å². The van der Waals surface area contributed by atoms with Crippen LogP contribution in [0.1, 0.15) is 21.7 Å². The Hall–Kier alpha value is -2.89. The molecule has 2 aromatic heterocycles. The summed E-state index contributed by atoms with van der Waals surface area (Å²) in [6, 6.07) is 9.57. The van der Waals surface area contributed by atoms with E-state index >= 15 is 0 Å². The Labute approximate surface area is 134 Å². The second-order valence-electron chi connectivity index (χ2n) is 5.51. The summed E-state index contributed by atoms with van der Waals surface area (Å²) in [5.41, 5.74) is 2.91. The van der Waals surface area contributed by atoms with Crippen LogP contribution in [0.25, 0.3) is 11.3 Å². The molecule has 0 aliphatic carbocycles. The molecule has 0 aliphatic rings. The van der Waals surface area contributed by atoms with Crippen LogP contribution in [0.3, 0.4) is 0 Å². The molecule has 1 amide bonds. The van der Waals surface area contributed by atoms with E-state index in [1.165, 1.54) is 0 Å². The fourth-order valence-corrected chi connectivity index (χ4v) is 2.51. The van der Waals surface area contributed by atoms with Gasteiger partial charge < -0.3 is 9.42 Å². The van der Waals surface area contributed by atoms with Gasteiger partial charge in [-0.2, -0.15) is 5.10 Å². The van der Waals surface area contributed by atoms with Gasteiger partial charge in [-0.05, 0) is 6.92 Å². The van der Waals surface area contributed by atoms with E-state index in [0.717, 1.165) is 11.1 Å². The molecule has 0 N–H and O–H groups in total. The molecule has 23 heavy (non-hydrogen) atoms. The van der Waals surface area contributed by atoms with E-state index < -0.39 is 0 Å². The molecule has 6 nitrogen and oxygen atoms in total. The Morgan fingerprint density at radius 1 is 1.30 bits per heavy atom. The lowest BCUT2D eigenvalue weighted by atomic mass is 10.1. The molecule has 0 saturated heterocycles. The Balaban J connectivity index is 1.89. The molecule has 3 aromatic rings. The number of hydrogen-bond donors (Lipinski definition) is 0. The van der Waals surface area contributed by atoms with Gasteiger partial charge in [-0.15, -0.1) is 0 Å². The lowest BCUT2D eigenvalue weighted by molar-refractivity contribution is 0.0784. The molecule has 0 radical (unpaired) electrons. The van der Waals surface area contributed by atoms with Crippen LogP contribution in [-0.2, 0) is 13.6 Å². The lowest BCUT2D eigenvalue weighted by Crippen LogP contribution is -2.26. The molecule has 0 atom stereocenters. The first-order chi connectivity index (χ1) is 11.1. The number of benzene rings is 1. The van der Waals surface area contributed by atoms with Gasteiger partial charge in [0.25, 0.3) is 5.91 Å². The van der Waals surface area contributed by atoms with E-state index in [4.69, 9.17) is 4.52 Å². The van der Waals surface area contributed by atoms with Gasteiger partial charge in [0, 0.05) is 38.0 Å². The third-order valence-electron chi connectivity index (χ3n) is 3.65. The monoisotopic (exact) mass is 310 g/mol. The van der Waals surface area contributed by atoms with Crippen LogP contribution < -0.4 is 0 Å². The van der Waals surface area contributed by atoms with Crippen LogP contribution in [0.2, 0.25) is 0 Å². The largest absolute Gasteiger partial charge is 0.360 e. The molecule has 0 spiro atoms. The van der Waals surface area contributed by atoms with Crippen LogP contribution in [0.15, 0.2) is 47.2 Å². The molecule has 0 aliphatic heterocycles. The molecule has 0 unspecified atom stereocenters. The highest BCUT2D eigenvalue weighted by Crippen LogP contribution is 2.26. The highest BCUT2D eigenvalue weighted by Gasteiger charge is 2.24. The Bertz CT molecular complexity index is 820. The summed E-state index contributed by atoms with van der Waals surface area (Å²) in [6.45, 7) is 2.23. The summed E-state index contributed by atoms with van der Waals surface area (Å²) in [7, 11) is 3.61. The van der Waals surface area contributed by atoms with Crippen molar-refractivity contribution in [3.63, 3.8) is 0 Å². The average molecular weight is 310 g/mol. The van der Waals surface area contributed by atoms with E-state index in [1.807, 2.05) is 43.6 Å². The fraction of sp³-hybridized carbons (Fsp3) is 0.235. The molecule has 0 saturated carbocycles. The van der Waals surface area contributed by atoms with Crippen molar-refractivity contribution < 1.29 is 9.32 Å². The molecule has 118 valence electrons. The maximum atomic E-state index is 12.8. The zero-order valence-corrected chi connectivity index (χ0v) is 13.4. The highest BCUT2D eigenvalue weighted by atomic mass is 16.5. The quantitative estimate of drug-likeness (QED) is 0.743. The summed E-state index contributed by atoms with van der Waals surface area (Å²) in [6.07, 6.45) is 3.64. The molecular weight excluding hydrogens is 292 g/mol. The van der Waals surface area contributed by atoms with Gasteiger partial charge in [-0.3, -0.25) is 9.48 Å². The molecule has 6 heteroatoms. The Kier molecular flexibility index (Phi) is 3.97. The molecule has 3 rings (SSSR count). The van der Waals surface area contributed by atoms with E-state index in [1.54, 1.807) is 29.7 Å². The number of aromatic nitrogens is 3. The first-order valence-corrected chi connectivity index (χ1v) is 7.31. The van der Waals surface area contributed by atoms with Crippen molar-refractivity contribution in [2.75, 3.05) is 7.05 Å². The van der Waals surface area contributed by atoms with Crippen LogP contribution >= 0.6 is 0 Å². The van der Waals surface area contributed by atoms with Gasteiger partial charge in [0.1, 0.15) is 17.0 Å². The number of rotatable bonds is 4. The van der Waals surface area contributed by atoms with E-state index in [9.17, 15) is 4.79 Å². The standard InChI is InChI=1S/C17H18N4O2/c1-12-15(16(19-23-12)14-7-5-4-6-8-14)17(22)20(2)10-13-9-18-21(3)11-13/h4-9,11H,10H2,1-3H3. The first-order valence-electron chi connectivity index (χ1n) is 7.31. The average Bonchev–Trinajstić information content (AvgIpc) is 3.13. The number of amides is 1. The summed E-state index contributed by atoms with van der Waals surface area (Å²) in [5, 5.41) is 8.18. The second kappa shape index (κ2) is 6.08. The number of nitrogens with zero attached hydrogens (tertiary/aromatic N) is 4. The molecule has 0 fully saturated rings. The summed E-state index contributed by atoms with van der Waals surface area (Å²) in [5.74, 6) is 0.401. The van der Waals surface area contributed by atoms with Crippen LogP contribution in [0, 0.1) is 6.92 Å². The van der Waals surface area contributed by atoms with Gasteiger partial charge in [0.15, 0.2) is 0 Å². The van der Waals surface area contributed by atoms with Crippen LogP contribution in [-0.4, -0.2) is 32.8 Å². The predicted octanol–water partition coefficient (Wildman–Crippen LogP) is 2.66. The van der Waals surface area contributed by atoms with Crippen LogP contribution in [0.4, 0.5) is 0 Å². The lowest BCUT2D eigenvalue weighted by Gasteiger charge is -2.16. The summed E-state index contributed by atoms with van der Waals surface area (Å²) < 4.78 is 6.98. The van der Waals surface area contributed by atoms with Crippen LogP contribution in [0.5, 0.6) is 0 Å². The zero-order valence-electron chi connectivity index (χ0n) is 13.4. The van der Waals surface area contributed by atoms with Crippen molar-refractivity contribution in [2.24, 2.45) is 7.05 Å². The molecule has 2 heterocycles. The number of carbonyl (C=O) groups excluding carboxylic acids is 1. The highest BCUT2D eigenvalue weighted by molar-refractivity contribution is 6.00. The minimum Gasteiger partial charge on any atom is -0.360 e. The minimum atomic E-state index is -0.119. The van der Waals surface area contributed by atoms with Crippen molar-refractivity contribution >= 4 is 5.91 Å². The maximum absolute atomic E-state index is 12.8. The van der Waals surface area contributed by atoms with Gasteiger partial charge in [0.2, 0.25) is 0 Å². The van der Waals surface area contributed by atoms with Gasteiger partial charge in [-0.25, -0.2) is 0 Å². The van der Waals surface area contributed by atoms with E-state index in [2.05, 4.69) is 10.3 Å². The normalized spacial score (nSPS) is 10.7. The summed E-state index contributed by atoms with van der Waals surface area (Å²) in [4.78, 5) is 14.5. The fourth-order valence-electron chi connectivity index (χ4n) is 2.51. The Morgan fingerprint density at radius 2 is 2.04 bits per heavy atom. The minimum absolute atomic E-state index is 0.119. The van der Waals surface area contributed by atoms with Gasteiger partial charge in [0.05, 0.1) is 6.20 Å². The third kappa shape index (κ3) is 3.01. The smallest absolute Gasteiger partial charge is 0.259 e. The number of carbonyl (C=O) groups is 1. The zero-order chi connectivity index (χ0) is 16.4. The van der Waals surface area contributed by atoms with Gasteiger partial charge in [-0.1, -0.05) is 35.5 Å². The van der Waals surface area contributed by atoms with Gasteiger partial charge >= 0.3 is 0 Å². The third-order valence-corrected chi connectivity index (χ3v) is 3.65. The predicted molar refractivity (Wildman–Crippen MR) is 85.7 cm³/mol. The van der Waals surface area contributed by atoms with Crippen molar-refractivity contribution in [3.05, 3.63) is 59.6 Å². The van der Waals surface area contributed by atoms with Crippen molar-refractivity contribution in [2.45, 2.75) is 13.5 Å². The Morgan fingerprint density at radius 3 is 2.70 bits per heavy atom. The summed E-state index contributed by atoms with van der Waals surface area (Å²) >= 11 is 0.